The summed E-state index contributed by atoms with van der Waals surface area (Å²) >= 11 is -1.62. The first-order valence-corrected chi connectivity index (χ1v) is 5.99. The van der Waals surface area contributed by atoms with Crippen LogP contribution in [0.1, 0.15) is 0 Å². The van der Waals surface area contributed by atoms with Crippen LogP contribution in [0.3, 0.4) is 0 Å². The van der Waals surface area contributed by atoms with Crippen LogP contribution in [0.4, 0.5) is 8.78 Å². The van der Waals surface area contributed by atoms with E-state index in [-0.39, 0.29) is 9.79 Å². The number of benzene rings is 2. The highest BCUT2D eigenvalue weighted by Gasteiger charge is 2.31. The fourth-order valence-electron chi connectivity index (χ4n) is 1.66. The second-order valence-electron chi connectivity index (χ2n) is 3.55. The average Bonchev–Trinajstić information content (AvgIpc) is 2.32. The van der Waals surface area contributed by atoms with Gasteiger partial charge in [0.15, 0.2) is 11.5 Å². The molecular formula is C12H6F2O2S. The monoisotopic (exact) mass is 252 g/mol. The molecule has 0 atom stereocenters. The smallest absolute Gasteiger partial charge is 0.204 e. The topological polar surface area (TPSA) is 32.3 Å². The van der Waals surface area contributed by atoms with Crippen molar-refractivity contribution in [1.29, 1.82) is 0 Å². The molecule has 0 spiro atoms. The Morgan fingerprint density at radius 1 is 0.882 bits per heavy atom. The largest absolute Gasteiger partial charge is 0.606 e. The first-order chi connectivity index (χ1) is 8.15. The van der Waals surface area contributed by atoms with Gasteiger partial charge in [-0.2, -0.15) is 0 Å². The molecule has 0 unspecified atom stereocenters. The average molecular weight is 252 g/mol. The number of ether oxygens (including phenoxy) is 1. The molecule has 0 fully saturated rings. The van der Waals surface area contributed by atoms with Gasteiger partial charge in [0, 0.05) is 23.3 Å². The molecular weight excluding hydrogens is 246 g/mol. The number of rotatable bonds is 0. The summed E-state index contributed by atoms with van der Waals surface area (Å²) in [5, 5.41) is 0. The number of hydrogen-bond acceptors (Lipinski definition) is 2. The van der Waals surface area contributed by atoms with Crippen molar-refractivity contribution < 1.29 is 18.1 Å². The molecule has 0 bridgehead atoms. The van der Waals surface area contributed by atoms with Crippen LogP contribution >= 0.6 is 0 Å². The predicted octanol–water partition coefficient (Wildman–Crippen LogP) is 3.24. The van der Waals surface area contributed by atoms with Gasteiger partial charge in [0.1, 0.15) is 11.6 Å². The third-order valence-corrected chi connectivity index (χ3v) is 3.87. The molecule has 0 aromatic heterocycles. The minimum Gasteiger partial charge on any atom is -0.606 e. The second kappa shape index (κ2) is 3.72. The number of halogens is 2. The third kappa shape index (κ3) is 1.67. The Hall–Kier alpha value is -1.59. The Kier molecular flexibility index (Phi) is 2.31. The summed E-state index contributed by atoms with van der Waals surface area (Å²) in [6.07, 6.45) is 0. The van der Waals surface area contributed by atoms with E-state index in [0.717, 1.165) is 12.1 Å². The van der Waals surface area contributed by atoms with Gasteiger partial charge < -0.3 is 9.29 Å². The Morgan fingerprint density at radius 3 is 1.82 bits per heavy atom. The zero-order chi connectivity index (χ0) is 12.0. The Morgan fingerprint density at radius 2 is 1.35 bits per heavy atom. The maximum absolute atomic E-state index is 13.1. The van der Waals surface area contributed by atoms with Crippen molar-refractivity contribution in [3.8, 4) is 11.5 Å². The van der Waals surface area contributed by atoms with Crippen LogP contribution in [0.15, 0.2) is 46.2 Å². The van der Waals surface area contributed by atoms with Crippen LogP contribution in [0.25, 0.3) is 0 Å². The maximum Gasteiger partial charge on any atom is 0.204 e. The van der Waals surface area contributed by atoms with Crippen molar-refractivity contribution in [2.45, 2.75) is 9.79 Å². The van der Waals surface area contributed by atoms with Gasteiger partial charge in [-0.3, -0.25) is 0 Å². The van der Waals surface area contributed by atoms with Crippen LogP contribution < -0.4 is 4.74 Å². The lowest BCUT2D eigenvalue weighted by Crippen LogP contribution is -2.11. The summed E-state index contributed by atoms with van der Waals surface area (Å²) in [7, 11) is 0. The highest BCUT2D eigenvalue weighted by Crippen LogP contribution is 2.42. The molecule has 5 heteroatoms. The molecule has 0 saturated heterocycles. The van der Waals surface area contributed by atoms with E-state index in [9.17, 15) is 13.3 Å². The number of hydrogen-bond donors (Lipinski definition) is 0. The molecule has 3 rings (SSSR count). The molecule has 2 nitrogen and oxygen atoms in total. The van der Waals surface area contributed by atoms with Gasteiger partial charge in [0.2, 0.25) is 9.79 Å². The Balaban J connectivity index is 2.18. The van der Waals surface area contributed by atoms with Crippen molar-refractivity contribution in [1.82, 2.24) is 0 Å². The lowest BCUT2D eigenvalue weighted by atomic mass is 10.3. The fraction of sp³-hybridized carbons (Fsp3) is 0. The SMILES string of the molecule is [O-][S+]1c2cc(F)ccc2Oc2ccc(F)cc21. The van der Waals surface area contributed by atoms with E-state index in [1.54, 1.807) is 0 Å². The molecule has 0 amide bonds. The van der Waals surface area contributed by atoms with Gasteiger partial charge in [0.25, 0.3) is 0 Å². The lowest BCUT2D eigenvalue weighted by molar-refractivity contribution is 0.437. The molecule has 2 aromatic carbocycles. The van der Waals surface area contributed by atoms with Crippen LogP contribution in [-0.2, 0) is 11.2 Å². The predicted molar refractivity (Wildman–Crippen MR) is 57.5 cm³/mol. The Bertz CT molecular complexity index is 550. The molecule has 0 radical (unpaired) electrons. The van der Waals surface area contributed by atoms with Crippen molar-refractivity contribution in [2.75, 3.05) is 0 Å². The van der Waals surface area contributed by atoms with Gasteiger partial charge in [-0.25, -0.2) is 8.78 Å². The highest BCUT2D eigenvalue weighted by atomic mass is 32.2. The lowest BCUT2D eigenvalue weighted by Gasteiger charge is -2.21. The molecule has 1 heterocycles. The third-order valence-electron chi connectivity index (χ3n) is 2.43. The van der Waals surface area contributed by atoms with E-state index in [4.69, 9.17) is 4.74 Å². The second-order valence-corrected chi connectivity index (χ2v) is 4.97. The normalized spacial score (nSPS) is 13.8. The summed E-state index contributed by atoms with van der Waals surface area (Å²) in [5.41, 5.74) is 0. The summed E-state index contributed by atoms with van der Waals surface area (Å²) < 4.78 is 43.7. The molecule has 86 valence electrons. The first kappa shape index (κ1) is 10.6. The number of fused-ring (bicyclic) bond motifs is 2. The molecule has 2 aromatic rings. The minimum atomic E-state index is -1.62. The van der Waals surface area contributed by atoms with Crippen LogP contribution in [0, 0.1) is 11.6 Å². The van der Waals surface area contributed by atoms with E-state index in [0.29, 0.717) is 11.5 Å². The summed E-state index contributed by atoms with van der Waals surface area (Å²) in [6, 6.07) is 7.55. The zero-order valence-corrected chi connectivity index (χ0v) is 9.26. The van der Waals surface area contributed by atoms with E-state index < -0.39 is 22.8 Å². The molecule has 0 N–H and O–H groups in total. The quantitative estimate of drug-likeness (QED) is 0.674. The summed E-state index contributed by atoms with van der Waals surface area (Å²) in [4.78, 5) is 0.450. The fourth-order valence-corrected chi connectivity index (χ4v) is 2.92. The van der Waals surface area contributed by atoms with Gasteiger partial charge in [-0.05, 0) is 24.3 Å². The highest BCUT2D eigenvalue weighted by molar-refractivity contribution is 7.91. The summed E-state index contributed by atoms with van der Waals surface area (Å²) in [6.45, 7) is 0. The van der Waals surface area contributed by atoms with Crippen LogP contribution in [0.5, 0.6) is 11.5 Å². The van der Waals surface area contributed by atoms with Gasteiger partial charge in [-0.15, -0.1) is 0 Å². The van der Waals surface area contributed by atoms with Crippen molar-refractivity contribution >= 4 is 11.2 Å². The molecule has 0 aliphatic carbocycles. The van der Waals surface area contributed by atoms with Gasteiger partial charge >= 0.3 is 0 Å². The van der Waals surface area contributed by atoms with E-state index >= 15 is 0 Å². The van der Waals surface area contributed by atoms with Crippen molar-refractivity contribution in [2.24, 2.45) is 0 Å². The Labute approximate surface area is 99.0 Å². The van der Waals surface area contributed by atoms with Gasteiger partial charge in [0.05, 0.1) is 0 Å². The van der Waals surface area contributed by atoms with E-state index in [1.807, 2.05) is 0 Å². The maximum atomic E-state index is 13.1. The van der Waals surface area contributed by atoms with E-state index in [1.165, 1.54) is 24.3 Å². The molecule has 0 saturated carbocycles. The molecule has 17 heavy (non-hydrogen) atoms. The summed E-state index contributed by atoms with van der Waals surface area (Å²) in [5.74, 6) is -0.325. The van der Waals surface area contributed by atoms with E-state index in [2.05, 4.69) is 0 Å². The zero-order valence-electron chi connectivity index (χ0n) is 8.44. The van der Waals surface area contributed by atoms with Gasteiger partial charge in [-0.1, -0.05) is 0 Å². The minimum absolute atomic E-state index is 0.225. The molecule has 1 aliphatic heterocycles. The van der Waals surface area contributed by atoms with Crippen LogP contribution in [0.2, 0.25) is 0 Å². The standard InChI is InChI=1S/C12H6F2O2S/c13-7-1-3-9-11(5-7)17(15)12-6-8(14)2-4-10(12)16-9/h1-6H. The molecule has 1 aliphatic rings. The van der Waals surface area contributed by atoms with Crippen molar-refractivity contribution in [3.63, 3.8) is 0 Å². The van der Waals surface area contributed by atoms with Crippen molar-refractivity contribution in [3.05, 3.63) is 48.0 Å². The first-order valence-electron chi connectivity index (χ1n) is 4.84. The van der Waals surface area contributed by atoms with Crippen LogP contribution in [-0.4, -0.2) is 4.55 Å².